The molecule has 2 aromatic rings. The van der Waals surface area contributed by atoms with Crippen molar-refractivity contribution in [2.75, 3.05) is 0 Å². The Morgan fingerprint density at radius 2 is 1.86 bits per heavy atom. The Balaban J connectivity index is 1.75. The van der Waals surface area contributed by atoms with Crippen molar-refractivity contribution < 1.29 is 26.7 Å². The topological polar surface area (TPSA) is 75.7 Å². The third kappa shape index (κ3) is 5.11. The first-order valence-corrected chi connectivity index (χ1v) is 13.1. The van der Waals surface area contributed by atoms with E-state index in [4.69, 9.17) is 4.74 Å². The van der Waals surface area contributed by atoms with Crippen LogP contribution in [0.5, 0.6) is 0 Å². The van der Waals surface area contributed by atoms with Crippen LogP contribution in [0.1, 0.15) is 39.2 Å². The van der Waals surface area contributed by atoms with Gasteiger partial charge in [-0.2, -0.15) is 0 Å². The molecule has 9 heteroatoms. The number of alkyl halides is 1. The van der Waals surface area contributed by atoms with Crippen molar-refractivity contribution in [2.45, 2.75) is 69.4 Å². The molecule has 2 aliphatic heterocycles. The van der Waals surface area contributed by atoms with Crippen molar-refractivity contribution in [2.24, 2.45) is 0 Å². The van der Waals surface area contributed by atoms with Crippen LogP contribution in [0.3, 0.4) is 0 Å². The number of sulfonamides is 1. The highest BCUT2D eigenvalue weighted by atomic mass is 32.2. The number of rotatable bonds is 6. The molecule has 2 saturated heterocycles. The van der Waals surface area contributed by atoms with Crippen molar-refractivity contribution in [3.05, 3.63) is 71.9 Å². The van der Waals surface area contributed by atoms with Gasteiger partial charge in [0, 0.05) is 29.9 Å². The van der Waals surface area contributed by atoms with Crippen LogP contribution in [0.15, 0.2) is 60.5 Å². The highest BCUT2D eigenvalue weighted by molar-refractivity contribution is 7.92. The third-order valence-electron chi connectivity index (χ3n) is 6.55. The van der Waals surface area contributed by atoms with Gasteiger partial charge in [-0.05, 0) is 38.3 Å². The Labute approximate surface area is 205 Å². The highest BCUT2D eigenvalue weighted by Gasteiger charge is 2.64. The number of halogens is 2. The normalized spacial score (nSPS) is 26.1. The van der Waals surface area contributed by atoms with Crippen molar-refractivity contribution in [1.82, 2.24) is 9.62 Å². The molecule has 2 atom stereocenters. The summed E-state index contributed by atoms with van der Waals surface area (Å²) in [6, 6.07) is 11.1. The van der Waals surface area contributed by atoms with Gasteiger partial charge >= 0.3 is 6.09 Å². The summed E-state index contributed by atoms with van der Waals surface area (Å²) in [5, 5.41) is 0.701. The molecule has 1 aliphatic carbocycles. The predicted molar refractivity (Wildman–Crippen MR) is 130 cm³/mol. The first kappa shape index (κ1) is 25.3. The minimum Gasteiger partial charge on any atom is -0.444 e. The Kier molecular flexibility index (Phi) is 6.53. The van der Waals surface area contributed by atoms with E-state index in [9.17, 15) is 13.2 Å². The number of ether oxygens (including phenoxy) is 1. The van der Waals surface area contributed by atoms with E-state index in [1.54, 1.807) is 63.2 Å². The van der Waals surface area contributed by atoms with Gasteiger partial charge in [0.2, 0.25) is 10.0 Å². The fourth-order valence-electron chi connectivity index (χ4n) is 4.98. The Morgan fingerprint density at radius 3 is 2.46 bits per heavy atom. The average Bonchev–Trinajstić information content (AvgIpc) is 2.75. The van der Waals surface area contributed by atoms with Gasteiger partial charge in [0.25, 0.3) is 0 Å². The summed E-state index contributed by atoms with van der Waals surface area (Å²) in [7, 11) is -4.03. The summed E-state index contributed by atoms with van der Waals surface area (Å²) in [4.78, 5) is 14.6. The fourth-order valence-corrected chi connectivity index (χ4v) is 5.80. The molecular weight excluding hydrogens is 474 g/mol. The number of hydrogen-bond donors (Lipinski definition) is 1. The van der Waals surface area contributed by atoms with Gasteiger partial charge in [-0.1, -0.05) is 55.1 Å². The van der Waals surface area contributed by atoms with Crippen LogP contribution in [-0.4, -0.2) is 48.8 Å². The molecule has 1 saturated carbocycles. The Bertz CT molecular complexity index is 1220. The van der Waals surface area contributed by atoms with Crippen LogP contribution >= 0.6 is 0 Å². The first-order chi connectivity index (χ1) is 16.3. The molecule has 1 N–H and O–H groups in total. The number of amides is 1. The zero-order valence-electron chi connectivity index (χ0n) is 20.0. The number of fused-ring (bicyclic) bond motifs is 2. The largest absolute Gasteiger partial charge is 0.444 e. The van der Waals surface area contributed by atoms with E-state index in [2.05, 4.69) is 11.3 Å². The maximum absolute atomic E-state index is 15.8. The molecule has 0 aromatic heterocycles. The van der Waals surface area contributed by atoms with Crippen molar-refractivity contribution in [1.29, 1.82) is 0 Å². The van der Waals surface area contributed by atoms with E-state index in [-0.39, 0.29) is 24.8 Å². The lowest BCUT2D eigenvalue weighted by Crippen LogP contribution is -2.77. The van der Waals surface area contributed by atoms with Gasteiger partial charge in [0.05, 0.1) is 12.1 Å². The number of piperidine rings is 2. The molecule has 2 bridgehead atoms. The van der Waals surface area contributed by atoms with Crippen LogP contribution in [0.25, 0.3) is 11.1 Å². The van der Waals surface area contributed by atoms with E-state index in [1.165, 1.54) is 4.90 Å². The maximum atomic E-state index is 15.8. The number of nitrogens with zero attached hydrogens (tertiary/aromatic N) is 1. The summed E-state index contributed by atoms with van der Waals surface area (Å²) < 4.78 is 64.2. The zero-order valence-corrected chi connectivity index (χ0v) is 20.8. The Morgan fingerprint density at radius 1 is 1.20 bits per heavy atom. The van der Waals surface area contributed by atoms with E-state index in [0.717, 1.165) is 0 Å². The summed E-state index contributed by atoms with van der Waals surface area (Å²) in [5.74, 6) is -0.500. The number of nitrogens with one attached hydrogen (secondary N) is 1. The molecule has 0 radical (unpaired) electrons. The number of hydrogen-bond acceptors (Lipinski definition) is 4. The molecule has 1 amide bonds. The third-order valence-corrected chi connectivity index (χ3v) is 7.57. The second-order valence-electron chi connectivity index (χ2n) is 10.2. The Hall–Kier alpha value is -2.78. The second-order valence-corrected chi connectivity index (χ2v) is 11.9. The molecule has 0 spiro atoms. The minimum absolute atomic E-state index is 0.0282. The summed E-state index contributed by atoms with van der Waals surface area (Å²) in [6.45, 7) is 8.43. The molecular formula is C26H30F2N2O4S. The van der Waals surface area contributed by atoms with E-state index < -0.39 is 51.3 Å². The SMILES string of the molecule is C=CS(=O)(=O)N[C@@H]1[C@H](Cc2cccc(-c3ccccc3)c2F)N(C(=O)OC(C)(C)C)C2CC1(F)C2. The molecule has 6 nitrogen and oxygen atoms in total. The predicted octanol–water partition coefficient (Wildman–Crippen LogP) is 4.96. The van der Waals surface area contributed by atoms with Gasteiger partial charge in [0.15, 0.2) is 0 Å². The number of carbonyl (C=O) groups is 1. The van der Waals surface area contributed by atoms with Crippen LogP contribution in [0.2, 0.25) is 0 Å². The highest BCUT2D eigenvalue weighted by Crippen LogP contribution is 2.50. The lowest BCUT2D eigenvalue weighted by molar-refractivity contribution is -0.131. The molecule has 2 aromatic carbocycles. The number of carbonyl (C=O) groups excluding carboxylic acids is 1. The fraction of sp³-hybridized carbons (Fsp3) is 0.423. The van der Waals surface area contributed by atoms with Gasteiger partial charge in [0.1, 0.15) is 17.1 Å². The minimum atomic E-state index is -4.03. The standard InChI is InChI=1S/C26H30F2N2O4S/c1-5-35(32,33)29-23-21(30(19-15-26(23,28)16-19)24(31)34-25(2,3)4)14-18-12-9-13-20(22(18)27)17-10-7-6-8-11-17/h5-13,19,21,23,29H,1,14-16H2,2-4H3/t19?,21-,23+,26?/m0/s1. The molecule has 3 aliphatic rings. The molecule has 35 heavy (non-hydrogen) atoms. The average molecular weight is 505 g/mol. The smallest absolute Gasteiger partial charge is 0.410 e. The summed E-state index contributed by atoms with van der Waals surface area (Å²) in [6.07, 6.45) is -0.839. The second kappa shape index (κ2) is 9.02. The zero-order chi connectivity index (χ0) is 25.6. The molecule has 188 valence electrons. The molecule has 2 heterocycles. The van der Waals surface area contributed by atoms with Crippen molar-refractivity contribution >= 4 is 16.1 Å². The van der Waals surface area contributed by atoms with E-state index >= 15 is 8.78 Å². The van der Waals surface area contributed by atoms with Gasteiger partial charge < -0.3 is 4.74 Å². The first-order valence-electron chi connectivity index (χ1n) is 11.5. The van der Waals surface area contributed by atoms with Crippen LogP contribution in [-0.2, 0) is 21.2 Å². The maximum Gasteiger partial charge on any atom is 0.410 e. The van der Waals surface area contributed by atoms with E-state index in [0.29, 0.717) is 16.5 Å². The van der Waals surface area contributed by atoms with Crippen LogP contribution in [0.4, 0.5) is 13.6 Å². The van der Waals surface area contributed by atoms with Crippen molar-refractivity contribution in [3.8, 4) is 11.1 Å². The number of benzene rings is 2. The lowest BCUT2D eigenvalue weighted by atomic mass is 9.64. The van der Waals surface area contributed by atoms with Crippen LogP contribution in [0, 0.1) is 5.82 Å². The summed E-state index contributed by atoms with van der Waals surface area (Å²) >= 11 is 0. The molecule has 5 rings (SSSR count). The van der Waals surface area contributed by atoms with E-state index in [1.807, 2.05) is 6.07 Å². The molecule has 3 fully saturated rings. The van der Waals surface area contributed by atoms with Crippen LogP contribution < -0.4 is 4.72 Å². The summed E-state index contributed by atoms with van der Waals surface area (Å²) in [5.41, 5.74) is -1.39. The van der Waals surface area contributed by atoms with Gasteiger partial charge in [-0.25, -0.2) is 26.7 Å². The van der Waals surface area contributed by atoms with Gasteiger partial charge in [-0.3, -0.25) is 4.90 Å². The molecule has 0 unspecified atom stereocenters. The quantitative estimate of drug-likeness (QED) is 0.604. The monoisotopic (exact) mass is 504 g/mol. The van der Waals surface area contributed by atoms with Gasteiger partial charge in [-0.15, -0.1) is 0 Å². The van der Waals surface area contributed by atoms with Crippen molar-refractivity contribution in [3.63, 3.8) is 0 Å². The lowest BCUT2D eigenvalue weighted by Gasteiger charge is -2.60.